The standard InChI is InChI=1S/C17H21NO3/c1-18(17(20)16-5-3-11-21-13-16)12-15-8-6-14(7-9-15)4-2-10-19/h6-9,16,19H,3,5,10-13H2,1H3. The summed E-state index contributed by atoms with van der Waals surface area (Å²) in [5.74, 6) is 5.62. The second-order valence-corrected chi connectivity index (χ2v) is 5.27. The van der Waals surface area contributed by atoms with Gasteiger partial charge < -0.3 is 14.7 Å². The summed E-state index contributed by atoms with van der Waals surface area (Å²) < 4.78 is 5.37. The maximum absolute atomic E-state index is 12.3. The predicted octanol–water partition coefficient (Wildman–Crippen LogP) is 1.42. The predicted molar refractivity (Wildman–Crippen MR) is 80.4 cm³/mol. The Balaban J connectivity index is 1.92. The Kier molecular flexibility index (Phi) is 5.79. The van der Waals surface area contributed by atoms with Crippen molar-refractivity contribution in [1.29, 1.82) is 0 Å². The molecule has 0 aromatic heterocycles. The zero-order chi connectivity index (χ0) is 15.1. The van der Waals surface area contributed by atoms with Crippen molar-refractivity contribution in [2.45, 2.75) is 19.4 Å². The Hall–Kier alpha value is -1.83. The van der Waals surface area contributed by atoms with Crippen LogP contribution in [0.3, 0.4) is 0 Å². The van der Waals surface area contributed by atoms with E-state index in [2.05, 4.69) is 11.8 Å². The number of aliphatic hydroxyl groups excluding tert-OH is 1. The third kappa shape index (κ3) is 4.59. The summed E-state index contributed by atoms with van der Waals surface area (Å²) in [6, 6.07) is 7.73. The first-order valence-electron chi connectivity index (χ1n) is 7.22. The second-order valence-electron chi connectivity index (χ2n) is 5.27. The lowest BCUT2D eigenvalue weighted by molar-refractivity contribution is -0.138. The van der Waals surface area contributed by atoms with Crippen molar-refractivity contribution in [3.8, 4) is 11.8 Å². The molecule has 2 rings (SSSR count). The molecule has 0 aliphatic carbocycles. The average molecular weight is 287 g/mol. The lowest BCUT2D eigenvalue weighted by atomic mass is 10.0. The molecule has 0 radical (unpaired) electrons. The number of carbonyl (C=O) groups excluding carboxylic acids is 1. The zero-order valence-corrected chi connectivity index (χ0v) is 12.3. The highest BCUT2D eigenvalue weighted by Crippen LogP contribution is 2.17. The summed E-state index contributed by atoms with van der Waals surface area (Å²) in [5, 5.41) is 8.66. The highest BCUT2D eigenvalue weighted by molar-refractivity contribution is 5.78. The molecule has 1 aromatic carbocycles. The van der Waals surface area contributed by atoms with Gasteiger partial charge in [-0.3, -0.25) is 4.79 Å². The number of ether oxygens (including phenoxy) is 1. The molecule has 1 aliphatic heterocycles. The highest BCUT2D eigenvalue weighted by Gasteiger charge is 2.24. The van der Waals surface area contributed by atoms with E-state index in [0.29, 0.717) is 13.2 Å². The largest absolute Gasteiger partial charge is 0.384 e. The van der Waals surface area contributed by atoms with Crippen molar-refractivity contribution in [1.82, 2.24) is 4.90 Å². The topological polar surface area (TPSA) is 49.8 Å². The van der Waals surface area contributed by atoms with Crippen molar-refractivity contribution < 1.29 is 14.6 Å². The molecule has 1 unspecified atom stereocenters. The normalized spacial score (nSPS) is 17.7. The van der Waals surface area contributed by atoms with Crippen LogP contribution in [-0.2, 0) is 16.1 Å². The van der Waals surface area contributed by atoms with E-state index in [1.165, 1.54) is 0 Å². The Bertz CT molecular complexity index is 521. The van der Waals surface area contributed by atoms with E-state index < -0.39 is 0 Å². The molecule has 4 heteroatoms. The molecule has 4 nitrogen and oxygen atoms in total. The van der Waals surface area contributed by atoms with Crippen LogP contribution >= 0.6 is 0 Å². The van der Waals surface area contributed by atoms with Crippen molar-refractivity contribution in [3.05, 3.63) is 35.4 Å². The fourth-order valence-corrected chi connectivity index (χ4v) is 2.43. The van der Waals surface area contributed by atoms with Crippen LogP contribution in [0.1, 0.15) is 24.0 Å². The number of benzene rings is 1. The van der Waals surface area contributed by atoms with Gasteiger partial charge >= 0.3 is 0 Å². The van der Waals surface area contributed by atoms with E-state index in [1.54, 1.807) is 4.90 Å². The molecule has 1 saturated heterocycles. The van der Waals surface area contributed by atoms with Crippen molar-refractivity contribution in [2.75, 3.05) is 26.9 Å². The molecular weight excluding hydrogens is 266 g/mol. The summed E-state index contributed by atoms with van der Waals surface area (Å²) >= 11 is 0. The Labute approximate surface area is 125 Å². The zero-order valence-electron chi connectivity index (χ0n) is 12.3. The number of nitrogens with zero attached hydrogens (tertiary/aromatic N) is 1. The fraction of sp³-hybridized carbons (Fsp3) is 0.471. The van der Waals surface area contributed by atoms with Crippen LogP contribution in [0.2, 0.25) is 0 Å². The lowest BCUT2D eigenvalue weighted by Crippen LogP contribution is -2.36. The molecule has 1 atom stereocenters. The van der Waals surface area contributed by atoms with E-state index in [1.807, 2.05) is 31.3 Å². The van der Waals surface area contributed by atoms with Gasteiger partial charge in [0.25, 0.3) is 0 Å². The Morgan fingerprint density at radius 2 is 2.19 bits per heavy atom. The van der Waals surface area contributed by atoms with Gasteiger partial charge in [-0.05, 0) is 30.5 Å². The van der Waals surface area contributed by atoms with E-state index in [-0.39, 0.29) is 18.4 Å². The molecule has 0 spiro atoms. The molecule has 1 N–H and O–H groups in total. The van der Waals surface area contributed by atoms with Crippen LogP contribution < -0.4 is 0 Å². The highest BCUT2D eigenvalue weighted by atomic mass is 16.5. The summed E-state index contributed by atoms with van der Waals surface area (Å²) in [5.41, 5.74) is 1.93. The van der Waals surface area contributed by atoms with Crippen molar-refractivity contribution in [3.63, 3.8) is 0 Å². The molecule has 112 valence electrons. The van der Waals surface area contributed by atoms with Gasteiger partial charge in [0.15, 0.2) is 0 Å². The molecule has 21 heavy (non-hydrogen) atoms. The Morgan fingerprint density at radius 1 is 1.43 bits per heavy atom. The summed E-state index contributed by atoms with van der Waals surface area (Å²) in [6.07, 6.45) is 1.88. The summed E-state index contributed by atoms with van der Waals surface area (Å²) in [4.78, 5) is 14.1. The van der Waals surface area contributed by atoms with Crippen LogP contribution in [0.15, 0.2) is 24.3 Å². The molecule has 0 saturated carbocycles. The molecule has 0 bridgehead atoms. The number of amides is 1. The van der Waals surface area contributed by atoms with Gasteiger partial charge in [0.05, 0.1) is 12.5 Å². The maximum atomic E-state index is 12.3. The first-order chi connectivity index (χ1) is 10.2. The number of rotatable bonds is 3. The Morgan fingerprint density at radius 3 is 2.81 bits per heavy atom. The molecule has 1 fully saturated rings. The van der Waals surface area contributed by atoms with Gasteiger partial charge in [-0.1, -0.05) is 24.0 Å². The number of aliphatic hydroxyl groups is 1. The lowest BCUT2D eigenvalue weighted by Gasteiger charge is -2.26. The smallest absolute Gasteiger partial charge is 0.228 e. The molecule has 1 heterocycles. The van der Waals surface area contributed by atoms with E-state index in [0.717, 1.165) is 30.6 Å². The minimum atomic E-state index is -0.136. The minimum absolute atomic E-state index is 0.00144. The van der Waals surface area contributed by atoms with Crippen LogP contribution in [-0.4, -0.2) is 42.8 Å². The van der Waals surface area contributed by atoms with Gasteiger partial charge in [-0.2, -0.15) is 0 Å². The number of hydrogen-bond donors (Lipinski definition) is 1. The van der Waals surface area contributed by atoms with Crippen LogP contribution in [0.4, 0.5) is 0 Å². The van der Waals surface area contributed by atoms with Crippen molar-refractivity contribution in [2.24, 2.45) is 5.92 Å². The monoisotopic (exact) mass is 287 g/mol. The fourth-order valence-electron chi connectivity index (χ4n) is 2.43. The second kappa shape index (κ2) is 7.82. The third-order valence-electron chi connectivity index (χ3n) is 3.57. The molecule has 1 aliphatic rings. The SMILES string of the molecule is CN(Cc1ccc(C#CCO)cc1)C(=O)C1CCCOC1. The first-order valence-corrected chi connectivity index (χ1v) is 7.22. The average Bonchev–Trinajstić information content (AvgIpc) is 2.54. The number of carbonyl (C=O) groups is 1. The van der Waals surface area contributed by atoms with Crippen molar-refractivity contribution >= 4 is 5.91 Å². The maximum Gasteiger partial charge on any atom is 0.228 e. The minimum Gasteiger partial charge on any atom is -0.384 e. The summed E-state index contributed by atoms with van der Waals surface area (Å²) in [7, 11) is 1.83. The molecule has 1 amide bonds. The van der Waals surface area contributed by atoms with E-state index in [4.69, 9.17) is 9.84 Å². The molecular formula is C17H21NO3. The number of hydrogen-bond acceptors (Lipinski definition) is 3. The quantitative estimate of drug-likeness (QED) is 0.855. The third-order valence-corrected chi connectivity index (χ3v) is 3.57. The van der Waals surface area contributed by atoms with Gasteiger partial charge in [0, 0.05) is 25.8 Å². The van der Waals surface area contributed by atoms with E-state index >= 15 is 0 Å². The van der Waals surface area contributed by atoms with Gasteiger partial charge in [0.1, 0.15) is 6.61 Å². The summed E-state index contributed by atoms with van der Waals surface area (Å²) in [6.45, 7) is 1.76. The first kappa shape index (κ1) is 15.6. The van der Waals surface area contributed by atoms with Crippen LogP contribution in [0, 0.1) is 17.8 Å². The molecule has 1 aromatic rings. The van der Waals surface area contributed by atoms with Gasteiger partial charge in [-0.25, -0.2) is 0 Å². The van der Waals surface area contributed by atoms with E-state index in [9.17, 15) is 4.79 Å². The van der Waals surface area contributed by atoms with Crippen LogP contribution in [0.25, 0.3) is 0 Å². The van der Waals surface area contributed by atoms with Crippen LogP contribution in [0.5, 0.6) is 0 Å². The van der Waals surface area contributed by atoms with Gasteiger partial charge in [-0.15, -0.1) is 0 Å². The van der Waals surface area contributed by atoms with Gasteiger partial charge in [0.2, 0.25) is 5.91 Å².